The van der Waals surface area contributed by atoms with Crippen molar-refractivity contribution in [2.24, 2.45) is 5.92 Å². The maximum absolute atomic E-state index is 12.3. The maximum atomic E-state index is 12.3. The Labute approximate surface area is 155 Å². The minimum Gasteiger partial charge on any atom is -0.392 e. The molecule has 0 saturated heterocycles. The number of aromatic nitrogens is 1. The van der Waals surface area contributed by atoms with Gasteiger partial charge in [0.05, 0.1) is 6.61 Å². The number of thiophene rings is 1. The van der Waals surface area contributed by atoms with Gasteiger partial charge in [0.25, 0.3) is 5.56 Å². The van der Waals surface area contributed by atoms with Crippen LogP contribution in [-0.2, 0) is 13.0 Å². The Morgan fingerprint density at radius 2 is 1.85 bits per heavy atom. The zero-order chi connectivity index (χ0) is 18.3. The van der Waals surface area contributed by atoms with Crippen LogP contribution in [0, 0.1) is 5.92 Å². The predicted octanol–water partition coefficient (Wildman–Crippen LogP) is 5.10. The van der Waals surface area contributed by atoms with Gasteiger partial charge < -0.3 is 10.1 Å². The molecule has 0 saturated carbocycles. The average molecular weight is 363 g/mol. The quantitative estimate of drug-likeness (QED) is 0.530. The molecule has 0 radical (unpaired) electrons. The lowest BCUT2D eigenvalue weighted by Gasteiger charge is -2.14. The molecule has 0 atom stereocenters. The van der Waals surface area contributed by atoms with Gasteiger partial charge in [0.15, 0.2) is 0 Å². The van der Waals surface area contributed by atoms with Crippen LogP contribution in [0.2, 0.25) is 0 Å². The fraction of sp³-hybridized carbons (Fsp3) is 0.227. The summed E-state index contributed by atoms with van der Waals surface area (Å²) < 4.78 is 0.727. The molecule has 26 heavy (non-hydrogen) atoms. The van der Waals surface area contributed by atoms with Crippen molar-refractivity contribution in [2.45, 2.75) is 26.9 Å². The summed E-state index contributed by atoms with van der Waals surface area (Å²) >= 11 is 1.45. The van der Waals surface area contributed by atoms with Gasteiger partial charge in [-0.25, -0.2) is 0 Å². The SMILES string of the molecule is CC(C)Cc1ccc(-c2c(CO)ccc3[nH]c(=O)c4sccc4c23)cc1. The highest BCUT2D eigenvalue weighted by Gasteiger charge is 2.15. The van der Waals surface area contributed by atoms with Gasteiger partial charge in [-0.1, -0.05) is 44.2 Å². The summed E-state index contributed by atoms with van der Waals surface area (Å²) in [7, 11) is 0. The molecule has 0 fully saturated rings. The summed E-state index contributed by atoms with van der Waals surface area (Å²) in [6, 6.07) is 14.3. The van der Waals surface area contributed by atoms with Gasteiger partial charge in [-0.2, -0.15) is 0 Å². The highest BCUT2D eigenvalue weighted by Crippen LogP contribution is 2.36. The van der Waals surface area contributed by atoms with Crippen molar-refractivity contribution >= 4 is 32.3 Å². The zero-order valence-electron chi connectivity index (χ0n) is 14.9. The number of fused-ring (bicyclic) bond motifs is 3. The van der Waals surface area contributed by atoms with E-state index >= 15 is 0 Å². The summed E-state index contributed by atoms with van der Waals surface area (Å²) in [5.74, 6) is 0.613. The number of nitrogens with one attached hydrogen (secondary N) is 1. The third-order valence-electron chi connectivity index (χ3n) is 4.74. The van der Waals surface area contributed by atoms with Gasteiger partial charge >= 0.3 is 0 Å². The number of rotatable bonds is 4. The van der Waals surface area contributed by atoms with Crippen LogP contribution in [0.25, 0.3) is 32.1 Å². The van der Waals surface area contributed by atoms with Gasteiger partial charge in [0.2, 0.25) is 0 Å². The standard InChI is InChI=1S/C22H21NO2S/c1-13(2)11-14-3-5-15(6-4-14)19-16(12-24)7-8-18-20(19)17-9-10-26-21(17)22(25)23-18/h3-10,13,24H,11-12H2,1-2H3,(H,23,25). The van der Waals surface area contributed by atoms with Crippen LogP contribution in [0.15, 0.2) is 52.6 Å². The van der Waals surface area contributed by atoms with Crippen LogP contribution in [0.4, 0.5) is 0 Å². The van der Waals surface area contributed by atoms with Gasteiger partial charge in [0.1, 0.15) is 4.70 Å². The minimum absolute atomic E-state index is 0.0379. The van der Waals surface area contributed by atoms with Crippen LogP contribution in [-0.4, -0.2) is 10.1 Å². The van der Waals surface area contributed by atoms with Crippen molar-refractivity contribution < 1.29 is 5.11 Å². The Bertz CT molecular complexity index is 1140. The number of H-pyrrole nitrogens is 1. The molecule has 0 spiro atoms. The number of aliphatic hydroxyl groups excluding tert-OH is 1. The summed E-state index contributed by atoms with van der Waals surface area (Å²) in [5, 5.41) is 13.8. The Morgan fingerprint density at radius 3 is 2.54 bits per heavy atom. The van der Waals surface area contributed by atoms with E-state index < -0.39 is 0 Å². The first-order valence-electron chi connectivity index (χ1n) is 8.83. The van der Waals surface area contributed by atoms with Crippen LogP contribution >= 0.6 is 11.3 Å². The van der Waals surface area contributed by atoms with E-state index in [4.69, 9.17) is 0 Å². The maximum Gasteiger partial charge on any atom is 0.266 e. The monoisotopic (exact) mass is 363 g/mol. The molecule has 4 heteroatoms. The van der Waals surface area contributed by atoms with Crippen molar-refractivity contribution in [3.05, 3.63) is 69.3 Å². The van der Waals surface area contributed by atoms with Crippen molar-refractivity contribution in [3.8, 4) is 11.1 Å². The molecule has 4 rings (SSSR count). The Balaban J connectivity index is 2.01. The molecule has 0 unspecified atom stereocenters. The highest BCUT2D eigenvalue weighted by atomic mass is 32.1. The van der Waals surface area contributed by atoms with E-state index in [0.717, 1.165) is 44.1 Å². The average Bonchev–Trinajstić information content (AvgIpc) is 3.12. The lowest BCUT2D eigenvalue weighted by atomic mass is 9.92. The molecule has 132 valence electrons. The third kappa shape index (κ3) is 2.85. The van der Waals surface area contributed by atoms with Gasteiger partial charge in [-0.15, -0.1) is 11.3 Å². The molecular weight excluding hydrogens is 342 g/mol. The number of aromatic amines is 1. The molecule has 0 amide bonds. The van der Waals surface area contributed by atoms with Crippen molar-refractivity contribution in [3.63, 3.8) is 0 Å². The van der Waals surface area contributed by atoms with Crippen LogP contribution in [0.5, 0.6) is 0 Å². The number of benzene rings is 2. The van der Waals surface area contributed by atoms with Crippen LogP contribution in [0.1, 0.15) is 25.0 Å². The Morgan fingerprint density at radius 1 is 1.08 bits per heavy atom. The molecule has 3 nitrogen and oxygen atoms in total. The summed E-state index contributed by atoms with van der Waals surface area (Å²) in [6.45, 7) is 4.39. The molecular formula is C22H21NO2S. The fourth-order valence-corrected chi connectivity index (χ4v) is 4.43. The van der Waals surface area contributed by atoms with Gasteiger partial charge in [-0.05, 0) is 52.1 Å². The minimum atomic E-state index is -0.0579. The van der Waals surface area contributed by atoms with Gasteiger partial charge in [0, 0.05) is 16.3 Å². The molecule has 0 bridgehead atoms. The second-order valence-corrected chi connectivity index (χ2v) is 8.01. The number of hydrogen-bond donors (Lipinski definition) is 2. The van der Waals surface area contributed by atoms with E-state index in [1.54, 1.807) is 0 Å². The van der Waals surface area contributed by atoms with E-state index in [-0.39, 0.29) is 12.2 Å². The summed E-state index contributed by atoms with van der Waals surface area (Å²) in [4.78, 5) is 15.3. The number of aliphatic hydroxyl groups is 1. The molecule has 4 aromatic rings. The first kappa shape index (κ1) is 17.0. The van der Waals surface area contributed by atoms with Crippen molar-refractivity contribution in [2.75, 3.05) is 0 Å². The number of pyridine rings is 1. The normalized spacial score (nSPS) is 11.7. The molecule has 0 aliphatic carbocycles. The number of hydrogen-bond acceptors (Lipinski definition) is 3. The van der Waals surface area contributed by atoms with Crippen molar-refractivity contribution in [1.29, 1.82) is 0 Å². The fourth-order valence-electron chi connectivity index (χ4n) is 3.63. The third-order valence-corrected chi connectivity index (χ3v) is 5.65. The topological polar surface area (TPSA) is 53.1 Å². The smallest absolute Gasteiger partial charge is 0.266 e. The summed E-state index contributed by atoms with van der Waals surface area (Å²) in [5.41, 5.74) is 4.99. The second-order valence-electron chi connectivity index (χ2n) is 7.09. The first-order valence-corrected chi connectivity index (χ1v) is 9.71. The van der Waals surface area contributed by atoms with E-state index in [1.807, 2.05) is 23.6 Å². The Hall–Kier alpha value is -2.43. The summed E-state index contributed by atoms with van der Waals surface area (Å²) in [6.07, 6.45) is 1.05. The molecule has 2 N–H and O–H groups in total. The highest BCUT2D eigenvalue weighted by molar-refractivity contribution is 7.17. The lowest BCUT2D eigenvalue weighted by Crippen LogP contribution is -2.05. The predicted molar refractivity (Wildman–Crippen MR) is 110 cm³/mol. The van der Waals surface area contributed by atoms with Crippen molar-refractivity contribution in [1.82, 2.24) is 4.98 Å². The lowest BCUT2D eigenvalue weighted by molar-refractivity contribution is 0.282. The van der Waals surface area contributed by atoms with E-state index in [2.05, 4.69) is 43.1 Å². The molecule has 0 aliphatic rings. The van der Waals surface area contributed by atoms with E-state index in [9.17, 15) is 9.90 Å². The van der Waals surface area contributed by atoms with E-state index in [0.29, 0.717) is 5.92 Å². The first-order chi connectivity index (χ1) is 12.6. The molecule has 2 heterocycles. The van der Waals surface area contributed by atoms with Crippen LogP contribution in [0.3, 0.4) is 0 Å². The molecule has 0 aliphatic heterocycles. The van der Waals surface area contributed by atoms with Gasteiger partial charge in [-0.3, -0.25) is 4.79 Å². The zero-order valence-corrected chi connectivity index (χ0v) is 15.7. The Kier molecular flexibility index (Phi) is 4.39. The van der Waals surface area contributed by atoms with E-state index in [1.165, 1.54) is 16.9 Å². The second kappa shape index (κ2) is 6.71. The molecule has 2 aromatic heterocycles. The largest absolute Gasteiger partial charge is 0.392 e. The molecule has 2 aromatic carbocycles. The van der Waals surface area contributed by atoms with Crippen LogP contribution < -0.4 is 5.56 Å².